The van der Waals surface area contributed by atoms with Gasteiger partial charge in [-0.15, -0.1) is 45.5 Å². The van der Waals surface area contributed by atoms with E-state index >= 15 is 0 Å². The summed E-state index contributed by atoms with van der Waals surface area (Å²) in [5, 5.41) is 17.1. The number of nitrogens with one attached hydrogen (secondary N) is 2. The van der Waals surface area contributed by atoms with E-state index in [0.717, 1.165) is 24.0 Å². The third kappa shape index (κ3) is 4.44. The van der Waals surface area contributed by atoms with Gasteiger partial charge in [0.1, 0.15) is 0 Å². The van der Waals surface area contributed by atoms with Gasteiger partial charge in [0.2, 0.25) is 0 Å². The highest BCUT2D eigenvalue weighted by Crippen LogP contribution is 2.19. The molecule has 3 aromatic heterocycles. The Morgan fingerprint density at radius 1 is 1.25 bits per heavy atom. The Bertz CT molecular complexity index is 783. The Balaban J connectivity index is 0.00000208. The maximum absolute atomic E-state index is 4.26. The van der Waals surface area contributed by atoms with Gasteiger partial charge in [0, 0.05) is 30.6 Å². The maximum Gasteiger partial charge on any atom is 0.191 e. The van der Waals surface area contributed by atoms with Crippen LogP contribution in [-0.4, -0.2) is 34.2 Å². The average Bonchev–Trinajstić information content (AvgIpc) is 3.25. The summed E-state index contributed by atoms with van der Waals surface area (Å²) in [5.74, 6) is 2.07. The third-order valence-corrected chi connectivity index (χ3v) is 4.73. The number of rotatable bonds is 5. The molecule has 3 aromatic rings. The number of halogens is 1. The number of hydrogen-bond donors (Lipinski definition) is 2. The van der Waals surface area contributed by atoms with Gasteiger partial charge < -0.3 is 10.6 Å². The van der Waals surface area contributed by atoms with E-state index in [0.29, 0.717) is 12.5 Å². The first-order valence-corrected chi connectivity index (χ1v) is 8.42. The van der Waals surface area contributed by atoms with Gasteiger partial charge in [0.25, 0.3) is 0 Å². The summed E-state index contributed by atoms with van der Waals surface area (Å²) in [5.41, 5.74) is 0.846. The summed E-state index contributed by atoms with van der Waals surface area (Å²) in [7, 11) is 1.77. The van der Waals surface area contributed by atoms with Gasteiger partial charge in [0.15, 0.2) is 17.4 Å². The van der Waals surface area contributed by atoms with Gasteiger partial charge in [-0.2, -0.15) is 0 Å². The topological polar surface area (TPSA) is 66.6 Å². The lowest BCUT2D eigenvalue weighted by Gasteiger charge is -2.14. The van der Waals surface area contributed by atoms with Crippen LogP contribution >= 0.6 is 35.3 Å². The first kappa shape index (κ1) is 18.7. The molecule has 8 heteroatoms. The molecule has 0 aliphatic carbocycles. The molecule has 0 saturated heterocycles. The van der Waals surface area contributed by atoms with Crippen molar-refractivity contribution in [1.82, 2.24) is 25.2 Å². The highest BCUT2D eigenvalue weighted by atomic mass is 127. The predicted molar refractivity (Wildman–Crippen MR) is 109 cm³/mol. The molecule has 0 aliphatic heterocycles. The molecular weight excluding hydrogens is 435 g/mol. The number of aliphatic imine (C=N–C) groups is 1. The van der Waals surface area contributed by atoms with E-state index in [-0.39, 0.29) is 24.0 Å². The van der Waals surface area contributed by atoms with Crippen LogP contribution in [0.1, 0.15) is 23.5 Å². The number of nitrogens with zero attached hydrogens (tertiary/aromatic N) is 4. The van der Waals surface area contributed by atoms with E-state index in [1.807, 2.05) is 28.8 Å². The lowest BCUT2D eigenvalue weighted by molar-refractivity contribution is 0.700. The van der Waals surface area contributed by atoms with Crippen molar-refractivity contribution < 1.29 is 0 Å². The van der Waals surface area contributed by atoms with Gasteiger partial charge in [0.05, 0.1) is 6.54 Å². The number of hydrogen-bond acceptors (Lipinski definition) is 4. The molecule has 0 aromatic carbocycles. The van der Waals surface area contributed by atoms with Crippen LogP contribution in [0.5, 0.6) is 0 Å². The smallest absolute Gasteiger partial charge is 0.191 e. The normalized spacial score (nSPS) is 12.7. The SMILES string of the molecule is CN=C(NCc1nnc2ccccn12)NCC(C)c1cccs1.I. The van der Waals surface area contributed by atoms with Crippen molar-refractivity contribution in [3.8, 4) is 0 Å². The fraction of sp³-hybridized carbons (Fsp3) is 0.312. The largest absolute Gasteiger partial charge is 0.356 e. The molecule has 0 saturated carbocycles. The number of thiophene rings is 1. The van der Waals surface area contributed by atoms with Crippen molar-refractivity contribution in [3.05, 3.63) is 52.6 Å². The second kappa shape index (κ2) is 8.97. The number of pyridine rings is 1. The van der Waals surface area contributed by atoms with Crippen molar-refractivity contribution in [3.63, 3.8) is 0 Å². The van der Waals surface area contributed by atoms with Gasteiger partial charge >= 0.3 is 0 Å². The average molecular weight is 456 g/mol. The van der Waals surface area contributed by atoms with Gasteiger partial charge in [-0.25, -0.2) is 0 Å². The standard InChI is InChI=1S/C16H20N6S.HI/c1-12(13-6-5-9-23-13)10-18-16(17-2)19-11-15-21-20-14-7-3-4-8-22(14)15;/h3-9,12H,10-11H2,1-2H3,(H2,17,18,19);1H. The van der Waals surface area contributed by atoms with Crippen LogP contribution in [0, 0.1) is 0 Å². The zero-order valence-corrected chi connectivity index (χ0v) is 16.8. The highest BCUT2D eigenvalue weighted by Gasteiger charge is 2.09. The number of fused-ring (bicyclic) bond motifs is 1. The molecular formula is C16H21IN6S. The van der Waals surface area contributed by atoms with E-state index in [9.17, 15) is 0 Å². The van der Waals surface area contributed by atoms with Crippen LogP contribution in [0.3, 0.4) is 0 Å². The van der Waals surface area contributed by atoms with Crippen molar-refractivity contribution in [1.29, 1.82) is 0 Å². The van der Waals surface area contributed by atoms with E-state index in [1.54, 1.807) is 18.4 Å². The van der Waals surface area contributed by atoms with Crippen molar-refractivity contribution in [2.24, 2.45) is 4.99 Å². The summed E-state index contributed by atoms with van der Waals surface area (Å²) < 4.78 is 1.97. The van der Waals surface area contributed by atoms with Crippen LogP contribution in [-0.2, 0) is 6.54 Å². The molecule has 0 fully saturated rings. The van der Waals surface area contributed by atoms with Crippen molar-refractivity contribution >= 4 is 46.9 Å². The monoisotopic (exact) mass is 456 g/mol. The summed E-state index contributed by atoms with van der Waals surface area (Å²) in [4.78, 5) is 5.63. The zero-order chi connectivity index (χ0) is 16.1. The molecule has 128 valence electrons. The molecule has 2 N–H and O–H groups in total. The number of guanidine groups is 1. The van der Waals surface area contributed by atoms with Crippen LogP contribution in [0.15, 0.2) is 46.9 Å². The first-order chi connectivity index (χ1) is 11.3. The Morgan fingerprint density at radius 2 is 2.12 bits per heavy atom. The quantitative estimate of drug-likeness (QED) is 0.352. The fourth-order valence-electron chi connectivity index (χ4n) is 2.32. The minimum Gasteiger partial charge on any atom is -0.356 e. The fourth-order valence-corrected chi connectivity index (χ4v) is 3.10. The number of aromatic nitrogens is 3. The lowest BCUT2D eigenvalue weighted by atomic mass is 10.1. The summed E-state index contributed by atoms with van der Waals surface area (Å²) >= 11 is 1.78. The highest BCUT2D eigenvalue weighted by molar-refractivity contribution is 14.0. The lowest BCUT2D eigenvalue weighted by Crippen LogP contribution is -2.38. The van der Waals surface area contributed by atoms with E-state index in [1.165, 1.54) is 4.88 Å². The minimum absolute atomic E-state index is 0. The third-order valence-electron chi connectivity index (χ3n) is 3.63. The van der Waals surface area contributed by atoms with E-state index in [4.69, 9.17) is 0 Å². The zero-order valence-electron chi connectivity index (χ0n) is 13.6. The van der Waals surface area contributed by atoms with Gasteiger partial charge in [-0.1, -0.05) is 19.1 Å². The van der Waals surface area contributed by atoms with Crippen molar-refractivity contribution in [2.75, 3.05) is 13.6 Å². The second-order valence-corrected chi connectivity index (χ2v) is 6.25. The Morgan fingerprint density at radius 3 is 2.88 bits per heavy atom. The molecule has 3 heterocycles. The molecule has 3 rings (SSSR count). The summed E-state index contributed by atoms with van der Waals surface area (Å²) in [6.45, 7) is 3.61. The van der Waals surface area contributed by atoms with Crippen LogP contribution in [0.25, 0.3) is 5.65 Å². The molecule has 6 nitrogen and oxygen atoms in total. The molecule has 0 aliphatic rings. The molecule has 0 bridgehead atoms. The molecule has 0 amide bonds. The molecule has 24 heavy (non-hydrogen) atoms. The Hall–Kier alpha value is -1.68. The molecule has 0 spiro atoms. The second-order valence-electron chi connectivity index (χ2n) is 5.27. The van der Waals surface area contributed by atoms with E-state index in [2.05, 4.69) is 50.3 Å². The van der Waals surface area contributed by atoms with Gasteiger partial charge in [-0.05, 0) is 23.6 Å². The Labute approximate surface area is 162 Å². The van der Waals surface area contributed by atoms with Crippen molar-refractivity contribution in [2.45, 2.75) is 19.4 Å². The Kier molecular flexibility index (Phi) is 6.98. The molecule has 0 radical (unpaired) electrons. The summed E-state index contributed by atoms with van der Waals surface area (Å²) in [6.07, 6.45) is 1.96. The maximum atomic E-state index is 4.26. The summed E-state index contributed by atoms with van der Waals surface area (Å²) in [6, 6.07) is 10.1. The minimum atomic E-state index is 0. The van der Waals surface area contributed by atoms with Crippen LogP contribution < -0.4 is 10.6 Å². The predicted octanol–water partition coefficient (Wildman–Crippen LogP) is 2.88. The van der Waals surface area contributed by atoms with Crippen LogP contribution in [0.2, 0.25) is 0 Å². The first-order valence-electron chi connectivity index (χ1n) is 7.54. The molecule has 1 unspecified atom stereocenters. The van der Waals surface area contributed by atoms with E-state index < -0.39 is 0 Å². The van der Waals surface area contributed by atoms with Gasteiger partial charge in [-0.3, -0.25) is 9.39 Å². The molecule has 1 atom stereocenters. The van der Waals surface area contributed by atoms with Crippen LogP contribution in [0.4, 0.5) is 0 Å².